The van der Waals surface area contributed by atoms with Gasteiger partial charge in [-0.05, 0) is 51.4 Å². The van der Waals surface area contributed by atoms with Crippen molar-refractivity contribution in [2.45, 2.75) is 45.6 Å². The lowest BCUT2D eigenvalue weighted by Crippen LogP contribution is -2.33. The zero-order chi connectivity index (χ0) is 14.7. The number of oxazole rings is 1. The predicted octanol–water partition coefficient (Wildman–Crippen LogP) is 4.59. The fourth-order valence-electron chi connectivity index (χ4n) is 3.28. The van der Waals surface area contributed by atoms with Crippen molar-refractivity contribution in [1.29, 1.82) is 0 Å². The Balaban J connectivity index is 1.88. The van der Waals surface area contributed by atoms with Crippen LogP contribution < -0.4 is 0 Å². The Morgan fingerprint density at radius 1 is 1.14 bits per heavy atom. The van der Waals surface area contributed by atoms with Crippen LogP contribution in [-0.2, 0) is 0 Å². The highest BCUT2D eigenvalue weighted by Crippen LogP contribution is 2.31. The molecule has 0 aliphatic carbocycles. The molecule has 3 heteroatoms. The van der Waals surface area contributed by atoms with Gasteiger partial charge >= 0.3 is 0 Å². The number of piperidine rings is 1. The highest BCUT2D eigenvalue weighted by atomic mass is 16.4. The summed E-state index contributed by atoms with van der Waals surface area (Å²) in [7, 11) is 0. The highest BCUT2D eigenvalue weighted by Gasteiger charge is 2.26. The zero-order valence-corrected chi connectivity index (χ0v) is 13.0. The molecule has 3 rings (SSSR count). The fraction of sp³-hybridized carbons (Fsp3) is 0.500. The number of likely N-dealkylation sites (tertiary alicyclic amines) is 1. The van der Waals surface area contributed by atoms with E-state index in [2.05, 4.69) is 24.0 Å². The van der Waals surface area contributed by atoms with E-state index >= 15 is 0 Å². The minimum atomic E-state index is 0.395. The first-order valence-electron chi connectivity index (χ1n) is 8.06. The lowest BCUT2D eigenvalue weighted by atomic mass is 10.0. The third-order valence-corrected chi connectivity index (χ3v) is 4.39. The molecular weight excluding hydrogens is 260 g/mol. The van der Waals surface area contributed by atoms with Crippen molar-refractivity contribution >= 4 is 0 Å². The van der Waals surface area contributed by atoms with E-state index in [9.17, 15) is 0 Å². The van der Waals surface area contributed by atoms with Crippen molar-refractivity contribution in [2.24, 2.45) is 0 Å². The molecule has 1 aliphatic rings. The van der Waals surface area contributed by atoms with Gasteiger partial charge in [0.2, 0.25) is 5.89 Å². The van der Waals surface area contributed by atoms with Crippen LogP contribution in [0.2, 0.25) is 0 Å². The number of hydrogen-bond donors (Lipinski definition) is 0. The Bertz CT molecular complexity index is 570. The molecular formula is C18H24N2O. The van der Waals surface area contributed by atoms with E-state index < -0.39 is 0 Å². The third-order valence-electron chi connectivity index (χ3n) is 4.39. The SMILES string of the molecule is CCC(c1nc(-c2ccccc2)oc1C)N1CCCCC1. The van der Waals surface area contributed by atoms with E-state index in [0.717, 1.165) is 29.3 Å². The number of aromatic nitrogens is 1. The maximum Gasteiger partial charge on any atom is 0.226 e. The highest BCUT2D eigenvalue weighted by molar-refractivity contribution is 5.53. The minimum absolute atomic E-state index is 0.395. The average Bonchev–Trinajstić information content (AvgIpc) is 2.92. The lowest BCUT2D eigenvalue weighted by Gasteiger charge is -2.33. The van der Waals surface area contributed by atoms with Gasteiger partial charge in [-0.1, -0.05) is 31.5 Å². The van der Waals surface area contributed by atoms with Crippen LogP contribution >= 0.6 is 0 Å². The molecule has 21 heavy (non-hydrogen) atoms. The molecule has 3 nitrogen and oxygen atoms in total. The van der Waals surface area contributed by atoms with Crippen LogP contribution in [0.1, 0.15) is 50.1 Å². The summed E-state index contributed by atoms with van der Waals surface area (Å²) in [6.07, 6.45) is 5.06. The van der Waals surface area contributed by atoms with Gasteiger partial charge in [-0.2, -0.15) is 0 Å². The molecule has 1 fully saturated rings. The average molecular weight is 284 g/mol. The van der Waals surface area contributed by atoms with Crippen molar-refractivity contribution in [3.05, 3.63) is 41.8 Å². The zero-order valence-electron chi connectivity index (χ0n) is 13.0. The molecule has 0 radical (unpaired) electrons. The van der Waals surface area contributed by atoms with Gasteiger partial charge in [0, 0.05) is 5.56 Å². The van der Waals surface area contributed by atoms with E-state index in [-0.39, 0.29) is 0 Å². The summed E-state index contributed by atoms with van der Waals surface area (Å²) in [5.41, 5.74) is 2.18. The maximum atomic E-state index is 5.94. The molecule has 1 aromatic heterocycles. The molecule has 0 N–H and O–H groups in total. The van der Waals surface area contributed by atoms with Crippen LogP contribution in [0.4, 0.5) is 0 Å². The maximum absolute atomic E-state index is 5.94. The molecule has 1 unspecified atom stereocenters. The van der Waals surface area contributed by atoms with Crippen LogP contribution in [0.5, 0.6) is 0 Å². The molecule has 1 atom stereocenters. The Kier molecular flexibility index (Phi) is 4.39. The molecule has 0 spiro atoms. The largest absolute Gasteiger partial charge is 0.441 e. The van der Waals surface area contributed by atoms with Crippen molar-refractivity contribution < 1.29 is 4.42 Å². The Morgan fingerprint density at radius 2 is 1.86 bits per heavy atom. The summed E-state index contributed by atoms with van der Waals surface area (Å²) in [6.45, 7) is 6.66. The summed E-state index contributed by atoms with van der Waals surface area (Å²) in [5.74, 6) is 1.71. The van der Waals surface area contributed by atoms with E-state index in [1.165, 1.54) is 32.4 Å². The molecule has 0 amide bonds. The van der Waals surface area contributed by atoms with Gasteiger partial charge in [-0.15, -0.1) is 0 Å². The van der Waals surface area contributed by atoms with Gasteiger partial charge in [0.1, 0.15) is 5.76 Å². The molecule has 1 aliphatic heterocycles. The van der Waals surface area contributed by atoms with Crippen LogP contribution in [0.15, 0.2) is 34.7 Å². The lowest BCUT2D eigenvalue weighted by molar-refractivity contribution is 0.155. The van der Waals surface area contributed by atoms with Crippen molar-refractivity contribution in [3.8, 4) is 11.5 Å². The summed E-state index contributed by atoms with van der Waals surface area (Å²) < 4.78 is 5.94. The Labute approximate surface area is 127 Å². The van der Waals surface area contributed by atoms with Crippen molar-refractivity contribution in [1.82, 2.24) is 9.88 Å². The van der Waals surface area contributed by atoms with Gasteiger partial charge in [0.15, 0.2) is 0 Å². The van der Waals surface area contributed by atoms with Crippen LogP contribution in [0, 0.1) is 6.92 Å². The van der Waals surface area contributed by atoms with Crippen molar-refractivity contribution in [2.75, 3.05) is 13.1 Å². The van der Waals surface area contributed by atoms with E-state index in [1.807, 2.05) is 25.1 Å². The quantitative estimate of drug-likeness (QED) is 0.822. The van der Waals surface area contributed by atoms with Crippen LogP contribution in [0.25, 0.3) is 11.5 Å². The molecule has 2 heterocycles. The van der Waals surface area contributed by atoms with E-state index in [0.29, 0.717) is 6.04 Å². The predicted molar refractivity (Wildman–Crippen MR) is 85.1 cm³/mol. The smallest absolute Gasteiger partial charge is 0.226 e. The van der Waals surface area contributed by atoms with Gasteiger partial charge in [0.25, 0.3) is 0 Å². The van der Waals surface area contributed by atoms with Gasteiger partial charge < -0.3 is 4.42 Å². The van der Waals surface area contributed by atoms with Gasteiger partial charge in [-0.3, -0.25) is 4.90 Å². The number of nitrogens with zero attached hydrogens (tertiary/aromatic N) is 2. The second kappa shape index (κ2) is 6.44. The minimum Gasteiger partial charge on any atom is -0.441 e. The summed E-state index contributed by atoms with van der Waals surface area (Å²) in [5, 5.41) is 0. The first kappa shape index (κ1) is 14.3. The number of benzene rings is 1. The molecule has 0 bridgehead atoms. The normalized spacial score (nSPS) is 17.8. The first-order chi connectivity index (χ1) is 10.3. The Hall–Kier alpha value is -1.61. The summed E-state index contributed by atoms with van der Waals surface area (Å²) >= 11 is 0. The molecule has 112 valence electrons. The topological polar surface area (TPSA) is 29.3 Å². The van der Waals surface area contributed by atoms with Crippen molar-refractivity contribution in [3.63, 3.8) is 0 Å². The fourth-order valence-corrected chi connectivity index (χ4v) is 3.28. The van der Waals surface area contributed by atoms with Gasteiger partial charge in [0.05, 0.1) is 11.7 Å². The molecule has 1 saturated heterocycles. The Morgan fingerprint density at radius 3 is 2.52 bits per heavy atom. The number of rotatable bonds is 4. The summed E-state index contributed by atoms with van der Waals surface area (Å²) in [6, 6.07) is 10.6. The second-order valence-corrected chi connectivity index (χ2v) is 5.85. The monoisotopic (exact) mass is 284 g/mol. The number of hydrogen-bond acceptors (Lipinski definition) is 3. The van der Waals surface area contributed by atoms with Crippen LogP contribution in [-0.4, -0.2) is 23.0 Å². The standard InChI is InChI=1S/C18H24N2O/c1-3-16(20-12-8-5-9-13-20)17-14(2)21-18(19-17)15-10-6-4-7-11-15/h4,6-7,10-11,16H,3,5,8-9,12-13H2,1-2H3. The first-order valence-corrected chi connectivity index (χ1v) is 8.06. The van der Waals surface area contributed by atoms with E-state index in [4.69, 9.17) is 9.40 Å². The third kappa shape index (κ3) is 3.03. The summed E-state index contributed by atoms with van der Waals surface area (Å²) in [4.78, 5) is 7.39. The molecule has 0 saturated carbocycles. The molecule has 2 aromatic rings. The molecule has 1 aromatic carbocycles. The van der Waals surface area contributed by atoms with E-state index in [1.54, 1.807) is 0 Å². The number of aryl methyl sites for hydroxylation is 1. The van der Waals surface area contributed by atoms with Crippen LogP contribution in [0.3, 0.4) is 0 Å². The van der Waals surface area contributed by atoms with Gasteiger partial charge in [-0.25, -0.2) is 4.98 Å². The second-order valence-electron chi connectivity index (χ2n) is 5.85.